The summed E-state index contributed by atoms with van der Waals surface area (Å²) < 4.78 is 11.2. The Morgan fingerprint density at radius 3 is 2.57 bits per heavy atom. The van der Waals surface area contributed by atoms with Crippen LogP contribution in [0.2, 0.25) is 0 Å². The first-order valence-corrected chi connectivity index (χ1v) is 8.11. The summed E-state index contributed by atoms with van der Waals surface area (Å²) in [4.78, 5) is 12.0. The van der Waals surface area contributed by atoms with Gasteiger partial charge in [0.15, 0.2) is 6.10 Å². The van der Waals surface area contributed by atoms with Crippen LogP contribution in [0.15, 0.2) is 42.5 Å². The maximum absolute atomic E-state index is 12.0. The summed E-state index contributed by atoms with van der Waals surface area (Å²) in [5.74, 6) is 0.595. The Bertz CT molecular complexity index is 639. The van der Waals surface area contributed by atoms with Crippen LogP contribution in [0.5, 0.6) is 5.75 Å². The van der Waals surface area contributed by atoms with Gasteiger partial charge in [0, 0.05) is 13.2 Å². The smallest absolute Gasteiger partial charge is 0.260 e. The lowest BCUT2D eigenvalue weighted by Crippen LogP contribution is -2.37. The van der Waals surface area contributed by atoms with E-state index in [2.05, 4.69) is 11.4 Å². The maximum atomic E-state index is 12.0. The molecule has 1 amide bonds. The molecular weight excluding hydrogens is 290 g/mol. The molecule has 1 N–H and O–H groups in total. The predicted molar refractivity (Wildman–Crippen MR) is 92.8 cm³/mol. The molecule has 4 heteroatoms. The van der Waals surface area contributed by atoms with E-state index in [1.165, 1.54) is 0 Å². The third kappa shape index (κ3) is 5.57. The predicted octanol–water partition coefficient (Wildman–Crippen LogP) is 3.54. The monoisotopic (exact) mass is 315 g/mol. The summed E-state index contributed by atoms with van der Waals surface area (Å²) in [5, 5.41) is 5.12. The fraction of sp³-hybridized carbons (Fsp3) is 0.421. The zero-order valence-electron chi connectivity index (χ0n) is 14.0. The van der Waals surface area contributed by atoms with Crippen molar-refractivity contribution in [1.82, 2.24) is 5.32 Å². The average molecular weight is 315 g/mol. The molecule has 0 bridgehead atoms. The zero-order valence-corrected chi connectivity index (χ0v) is 14.0. The molecule has 0 saturated carbocycles. The molecule has 2 aromatic carbocycles. The van der Waals surface area contributed by atoms with E-state index < -0.39 is 6.10 Å². The van der Waals surface area contributed by atoms with Gasteiger partial charge in [0.25, 0.3) is 5.91 Å². The summed E-state index contributed by atoms with van der Waals surface area (Å²) in [6.45, 7) is 7.00. The van der Waals surface area contributed by atoms with Gasteiger partial charge in [-0.3, -0.25) is 4.79 Å². The van der Waals surface area contributed by atoms with Crippen LogP contribution >= 0.6 is 0 Å². The number of benzene rings is 2. The molecule has 0 aliphatic carbocycles. The summed E-state index contributed by atoms with van der Waals surface area (Å²) in [7, 11) is 0. The van der Waals surface area contributed by atoms with E-state index in [0.29, 0.717) is 18.9 Å². The second-order valence-corrected chi connectivity index (χ2v) is 5.83. The fourth-order valence-corrected chi connectivity index (χ4v) is 2.24. The third-order valence-corrected chi connectivity index (χ3v) is 3.47. The molecule has 0 aliphatic rings. The highest BCUT2D eigenvalue weighted by Gasteiger charge is 2.14. The van der Waals surface area contributed by atoms with Crippen molar-refractivity contribution in [3.63, 3.8) is 0 Å². The number of hydrogen-bond donors (Lipinski definition) is 1. The molecule has 0 radical (unpaired) electrons. The molecule has 0 aliphatic heterocycles. The molecule has 0 heterocycles. The van der Waals surface area contributed by atoms with Crippen LogP contribution in [0.1, 0.15) is 27.2 Å². The van der Waals surface area contributed by atoms with E-state index in [1.807, 2.05) is 50.2 Å². The average Bonchev–Trinajstić information content (AvgIpc) is 2.54. The topological polar surface area (TPSA) is 47.6 Å². The first kappa shape index (κ1) is 17.3. The third-order valence-electron chi connectivity index (χ3n) is 3.47. The molecule has 0 saturated heterocycles. The van der Waals surface area contributed by atoms with E-state index in [1.54, 1.807) is 6.92 Å². The Morgan fingerprint density at radius 2 is 1.83 bits per heavy atom. The van der Waals surface area contributed by atoms with Gasteiger partial charge in [0.05, 0.1) is 6.10 Å². The van der Waals surface area contributed by atoms with Crippen molar-refractivity contribution in [1.29, 1.82) is 0 Å². The van der Waals surface area contributed by atoms with E-state index >= 15 is 0 Å². The summed E-state index contributed by atoms with van der Waals surface area (Å²) >= 11 is 0. The standard InChI is InChI=1S/C19H25NO3/c1-14(2)22-12-6-11-20-19(21)15(3)23-18-10-9-16-7-4-5-8-17(16)13-18/h4-5,7-10,13-15H,6,11-12H2,1-3H3,(H,20,21)/t15-/m0/s1. The summed E-state index contributed by atoms with van der Waals surface area (Å²) in [6, 6.07) is 13.9. The van der Waals surface area contributed by atoms with E-state index in [-0.39, 0.29) is 12.0 Å². The molecule has 0 aromatic heterocycles. The molecular formula is C19H25NO3. The second-order valence-electron chi connectivity index (χ2n) is 5.83. The lowest BCUT2D eigenvalue weighted by atomic mass is 10.1. The lowest BCUT2D eigenvalue weighted by Gasteiger charge is -2.15. The Labute approximate surface area is 137 Å². The minimum absolute atomic E-state index is 0.109. The van der Waals surface area contributed by atoms with Gasteiger partial charge in [-0.15, -0.1) is 0 Å². The number of nitrogens with one attached hydrogen (secondary N) is 1. The molecule has 0 fully saturated rings. The molecule has 2 rings (SSSR count). The first-order valence-electron chi connectivity index (χ1n) is 8.11. The fourth-order valence-electron chi connectivity index (χ4n) is 2.24. The second kappa shape index (κ2) is 8.53. The normalized spacial score (nSPS) is 12.3. The van der Waals surface area contributed by atoms with Crippen molar-refractivity contribution in [3.8, 4) is 5.75 Å². The molecule has 124 valence electrons. The SMILES string of the molecule is CC(C)OCCCNC(=O)[C@H](C)Oc1ccc2ccccc2c1. The number of hydrogen-bond acceptors (Lipinski definition) is 3. The van der Waals surface area contributed by atoms with E-state index in [9.17, 15) is 4.79 Å². The van der Waals surface area contributed by atoms with E-state index in [4.69, 9.17) is 9.47 Å². The lowest BCUT2D eigenvalue weighted by molar-refractivity contribution is -0.127. The van der Waals surface area contributed by atoms with Crippen LogP contribution in [-0.2, 0) is 9.53 Å². The highest BCUT2D eigenvalue weighted by Crippen LogP contribution is 2.21. The molecule has 0 unspecified atom stereocenters. The highest BCUT2D eigenvalue weighted by atomic mass is 16.5. The van der Waals surface area contributed by atoms with Crippen LogP contribution in [0.4, 0.5) is 0 Å². The highest BCUT2D eigenvalue weighted by molar-refractivity contribution is 5.84. The number of fused-ring (bicyclic) bond motifs is 1. The zero-order chi connectivity index (χ0) is 16.7. The molecule has 23 heavy (non-hydrogen) atoms. The Morgan fingerprint density at radius 1 is 1.09 bits per heavy atom. The molecule has 2 aromatic rings. The Kier molecular flexibility index (Phi) is 6.41. The van der Waals surface area contributed by atoms with Crippen molar-refractivity contribution >= 4 is 16.7 Å². The van der Waals surface area contributed by atoms with Crippen molar-refractivity contribution in [2.45, 2.75) is 39.4 Å². The quantitative estimate of drug-likeness (QED) is 0.758. The number of amides is 1. The van der Waals surface area contributed by atoms with Gasteiger partial charge in [-0.25, -0.2) is 0 Å². The minimum Gasteiger partial charge on any atom is -0.481 e. The number of carbonyl (C=O) groups is 1. The van der Waals surface area contributed by atoms with Crippen LogP contribution in [-0.4, -0.2) is 31.3 Å². The van der Waals surface area contributed by atoms with Crippen molar-refractivity contribution in [2.24, 2.45) is 0 Å². The van der Waals surface area contributed by atoms with Gasteiger partial charge in [0.2, 0.25) is 0 Å². The number of rotatable bonds is 8. The van der Waals surface area contributed by atoms with Crippen molar-refractivity contribution < 1.29 is 14.3 Å². The molecule has 1 atom stereocenters. The number of ether oxygens (including phenoxy) is 2. The van der Waals surface area contributed by atoms with Gasteiger partial charge >= 0.3 is 0 Å². The van der Waals surface area contributed by atoms with Crippen LogP contribution in [0.25, 0.3) is 10.8 Å². The first-order chi connectivity index (χ1) is 11.1. The molecule has 0 spiro atoms. The van der Waals surface area contributed by atoms with Crippen LogP contribution < -0.4 is 10.1 Å². The van der Waals surface area contributed by atoms with Gasteiger partial charge in [-0.2, -0.15) is 0 Å². The largest absolute Gasteiger partial charge is 0.481 e. The molecule has 4 nitrogen and oxygen atoms in total. The Balaban J connectivity index is 1.80. The van der Waals surface area contributed by atoms with Crippen LogP contribution in [0, 0.1) is 0 Å². The maximum Gasteiger partial charge on any atom is 0.260 e. The van der Waals surface area contributed by atoms with Crippen LogP contribution in [0.3, 0.4) is 0 Å². The Hall–Kier alpha value is -2.07. The number of carbonyl (C=O) groups excluding carboxylic acids is 1. The summed E-state index contributed by atoms with van der Waals surface area (Å²) in [6.07, 6.45) is 0.495. The van der Waals surface area contributed by atoms with Gasteiger partial charge in [-0.1, -0.05) is 30.3 Å². The minimum atomic E-state index is -0.526. The van der Waals surface area contributed by atoms with Gasteiger partial charge in [0.1, 0.15) is 5.75 Å². The van der Waals surface area contributed by atoms with Crippen molar-refractivity contribution in [2.75, 3.05) is 13.2 Å². The van der Waals surface area contributed by atoms with Crippen molar-refractivity contribution in [3.05, 3.63) is 42.5 Å². The van der Waals surface area contributed by atoms with E-state index in [0.717, 1.165) is 17.2 Å². The summed E-state index contributed by atoms with van der Waals surface area (Å²) in [5.41, 5.74) is 0. The van der Waals surface area contributed by atoms with Gasteiger partial charge in [-0.05, 0) is 50.1 Å². The van der Waals surface area contributed by atoms with Gasteiger partial charge < -0.3 is 14.8 Å².